The van der Waals surface area contributed by atoms with Gasteiger partial charge in [-0.1, -0.05) is 48.0 Å². The molecule has 0 atom stereocenters. The number of anilines is 2. The highest BCUT2D eigenvalue weighted by molar-refractivity contribution is 7.92. The van der Waals surface area contributed by atoms with Crippen molar-refractivity contribution in [3.63, 3.8) is 0 Å². The number of hydrogen-bond acceptors (Lipinski definition) is 3. The van der Waals surface area contributed by atoms with E-state index in [1.165, 1.54) is 12.1 Å². The van der Waals surface area contributed by atoms with Crippen molar-refractivity contribution in [2.75, 3.05) is 16.2 Å². The Morgan fingerprint density at radius 1 is 0.900 bits per heavy atom. The summed E-state index contributed by atoms with van der Waals surface area (Å²) in [7, 11) is -3.95. The minimum absolute atomic E-state index is 0.123. The molecule has 0 fully saturated rings. The molecule has 0 aliphatic rings. The van der Waals surface area contributed by atoms with Gasteiger partial charge in [0, 0.05) is 10.7 Å². The van der Waals surface area contributed by atoms with Crippen LogP contribution in [0, 0.1) is 20.8 Å². The molecule has 0 bridgehead atoms. The molecule has 0 heterocycles. The number of aryl methyl sites for hydroxylation is 1. The Morgan fingerprint density at radius 2 is 1.57 bits per heavy atom. The first-order valence-electron chi connectivity index (χ1n) is 9.41. The van der Waals surface area contributed by atoms with Gasteiger partial charge in [-0.15, -0.1) is 0 Å². The highest BCUT2D eigenvalue weighted by Crippen LogP contribution is 2.29. The lowest BCUT2D eigenvalue weighted by Gasteiger charge is -2.26. The first-order valence-corrected chi connectivity index (χ1v) is 11.2. The van der Waals surface area contributed by atoms with Crippen LogP contribution in [0.2, 0.25) is 5.02 Å². The highest BCUT2D eigenvalue weighted by Gasteiger charge is 2.28. The lowest BCUT2D eigenvalue weighted by atomic mass is 10.1. The average molecular weight is 443 g/mol. The van der Waals surface area contributed by atoms with Crippen LogP contribution in [0.3, 0.4) is 0 Å². The van der Waals surface area contributed by atoms with Crippen LogP contribution in [-0.4, -0.2) is 20.9 Å². The van der Waals surface area contributed by atoms with Crippen molar-refractivity contribution in [2.45, 2.75) is 25.7 Å². The molecule has 5 nitrogen and oxygen atoms in total. The summed E-state index contributed by atoms with van der Waals surface area (Å²) in [6.45, 7) is 5.17. The minimum Gasteiger partial charge on any atom is -0.324 e. The molecule has 3 aromatic carbocycles. The molecule has 0 aliphatic carbocycles. The van der Waals surface area contributed by atoms with Crippen LogP contribution in [0.1, 0.15) is 16.7 Å². The summed E-state index contributed by atoms with van der Waals surface area (Å²) in [5, 5.41) is 3.30. The topological polar surface area (TPSA) is 66.5 Å². The van der Waals surface area contributed by atoms with Gasteiger partial charge in [0.25, 0.3) is 10.0 Å². The van der Waals surface area contributed by atoms with Gasteiger partial charge in [0.2, 0.25) is 5.91 Å². The fourth-order valence-electron chi connectivity index (χ4n) is 3.09. The molecule has 0 saturated carbocycles. The summed E-state index contributed by atoms with van der Waals surface area (Å²) in [4.78, 5) is 13.0. The second-order valence-electron chi connectivity index (χ2n) is 7.00. The quantitative estimate of drug-likeness (QED) is 0.577. The third kappa shape index (κ3) is 4.50. The second kappa shape index (κ2) is 8.90. The molecule has 7 heteroatoms. The monoisotopic (exact) mass is 442 g/mol. The van der Waals surface area contributed by atoms with Gasteiger partial charge in [-0.05, 0) is 67.8 Å². The van der Waals surface area contributed by atoms with Crippen molar-refractivity contribution < 1.29 is 13.2 Å². The van der Waals surface area contributed by atoms with Crippen molar-refractivity contribution in [3.05, 3.63) is 88.4 Å². The Balaban J connectivity index is 2.01. The number of sulfonamides is 1. The Labute approximate surface area is 182 Å². The minimum atomic E-state index is -3.95. The zero-order valence-corrected chi connectivity index (χ0v) is 18.6. The third-order valence-corrected chi connectivity index (χ3v) is 7.19. The second-order valence-corrected chi connectivity index (χ2v) is 9.27. The molecule has 0 aromatic heterocycles. The van der Waals surface area contributed by atoms with Crippen LogP contribution in [0.15, 0.2) is 71.6 Å². The van der Waals surface area contributed by atoms with Gasteiger partial charge < -0.3 is 5.32 Å². The van der Waals surface area contributed by atoms with E-state index in [1.54, 1.807) is 55.5 Å². The summed E-state index contributed by atoms with van der Waals surface area (Å²) in [6.07, 6.45) is 0. The Bertz CT molecular complexity index is 1180. The van der Waals surface area contributed by atoms with Crippen molar-refractivity contribution in [2.24, 2.45) is 0 Å². The van der Waals surface area contributed by atoms with E-state index in [4.69, 9.17) is 11.6 Å². The van der Waals surface area contributed by atoms with Crippen molar-refractivity contribution in [1.29, 1.82) is 0 Å². The molecule has 0 aliphatic heterocycles. The molecule has 3 aromatic rings. The number of hydrogen-bond donors (Lipinski definition) is 1. The standard InChI is InChI=1S/C23H23ClN2O3S/c1-16-9-7-14-22(17(16)2)26(30(28,29)19-10-5-4-6-11-19)15-23(27)25-21-13-8-12-20(24)18(21)3/h4-14H,15H2,1-3H3,(H,25,27). The zero-order chi connectivity index (χ0) is 21.9. The number of halogens is 1. The first-order chi connectivity index (χ1) is 14.2. The largest absolute Gasteiger partial charge is 0.324 e. The van der Waals surface area contributed by atoms with E-state index in [0.29, 0.717) is 16.4 Å². The van der Waals surface area contributed by atoms with Crippen LogP contribution < -0.4 is 9.62 Å². The van der Waals surface area contributed by atoms with Crippen LogP contribution in [0.5, 0.6) is 0 Å². The number of carbonyl (C=O) groups is 1. The van der Waals surface area contributed by atoms with Gasteiger partial charge >= 0.3 is 0 Å². The van der Waals surface area contributed by atoms with E-state index < -0.39 is 15.9 Å². The first kappa shape index (κ1) is 21.9. The lowest BCUT2D eigenvalue weighted by Crippen LogP contribution is -2.38. The number of carbonyl (C=O) groups excluding carboxylic acids is 1. The maximum absolute atomic E-state index is 13.4. The number of rotatable bonds is 6. The molecule has 30 heavy (non-hydrogen) atoms. The van der Waals surface area contributed by atoms with Crippen molar-refractivity contribution in [3.8, 4) is 0 Å². The summed E-state index contributed by atoms with van der Waals surface area (Å²) in [5.74, 6) is -0.458. The number of nitrogens with zero attached hydrogens (tertiary/aromatic N) is 1. The molecule has 0 radical (unpaired) electrons. The van der Waals surface area contributed by atoms with Gasteiger partial charge in [0.05, 0.1) is 10.6 Å². The van der Waals surface area contributed by atoms with E-state index in [9.17, 15) is 13.2 Å². The van der Waals surface area contributed by atoms with Gasteiger partial charge in [-0.3, -0.25) is 9.10 Å². The molecule has 1 N–H and O–H groups in total. The van der Waals surface area contributed by atoms with Crippen molar-refractivity contribution in [1.82, 2.24) is 0 Å². The zero-order valence-electron chi connectivity index (χ0n) is 17.0. The summed E-state index contributed by atoms with van der Waals surface area (Å²) in [6, 6.07) is 18.7. The van der Waals surface area contributed by atoms with Crippen LogP contribution in [-0.2, 0) is 14.8 Å². The average Bonchev–Trinajstić information content (AvgIpc) is 2.72. The molecular weight excluding hydrogens is 420 g/mol. The van der Waals surface area contributed by atoms with Gasteiger partial charge in [-0.25, -0.2) is 8.42 Å². The lowest BCUT2D eigenvalue weighted by molar-refractivity contribution is -0.114. The van der Waals surface area contributed by atoms with E-state index in [-0.39, 0.29) is 11.4 Å². The number of nitrogens with one attached hydrogen (secondary N) is 1. The Hall–Kier alpha value is -2.83. The van der Waals surface area contributed by atoms with E-state index >= 15 is 0 Å². The number of amides is 1. The Kier molecular flexibility index (Phi) is 6.48. The van der Waals surface area contributed by atoms with Crippen molar-refractivity contribution >= 4 is 38.9 Å². The van der Waals surface area contributed by atoms with E-state index in [1.807, 2.05) is 19.9 Å². The predicted octanol–water partition coefficient (Wildman–Crippen LogP) is 5.10. The van der Waals surface area contributed by atoms with E-state index in [2.05, 4.69) is 5.32 Å². The van der Waals surface area contributed by atoms with Gasteiger partial charge in [-0.2, -0.15) is 0 Å². The molecule has 1 amide bonds. The molecule has 156 valence electrons. The molecular formula is C23H23ClN2O3S. The smallest absolute Gasteiger partial charge is 0.264 e. The summed E-state index contributed by atoms with van der Waals surface area (Å²) in [5.41, 5.74) is 3.47. The van der Waals surface area contributed by atoms with E-state index in [0.717, 1.165) is 21.0 Å². The SMILES string of the molecule is Cc1cccc(N(CC(=O)Nc2cccc(Cl)c2C)S(=O)(=O)c2ccccc2)c1C. The van der Waals surface area contributed by atoms with Crippen LogP contribution in [0.25, 0.3) is 0 Å². The van der Waals surface area contributed by atoms with Gasteiger partial charge in [0.1, 0.15) is 6.54 Å². The highest BCUT2D eigenvalue weighted by atomic mass is 35.5. The Morgan fingerprint density at radius 3 is 2.27 bits per heavy atom. The molecule has 0 saturated heterocycles. The normalized spacial score (nSPS) is 11.2. The molecule has 3 rings (SSSR count). The third-order valence-electron chi connectivity index (χ3n) is 5.00. The fourth-order valence-corrected chi connectivity index (χ4v) is 4.76. The predicted molar refractivity (Wildman–Crippen MR) is 122 cm³/mol. The fraction of sp³-hybridized carbons (Fsp3) is 0.174. The number of benzene rings is 3. The molecule has 0 spiro atoms. The summed E-state index contributed by atoms with van der Waals surface area (Å²) >= 11 is 6.13. The summed E-state index contributed by atoms with van der Waals surface area (Å²) < 4.78 is 28.0. The molecule has 0 unspecified atom stereocenters. The van der Waals surface area contributed by atoms with Gasteiger partial charge in [0.15, 0.2) is 0 Å². The van der Waals surface area contributed by atoms with Crippen LogP contribution in [0.4, 0.5) is 11.4 Å². The maximum Gasteiger partial charge on any atom is 0.264 e. The maximum atomic E-state index is 13.4. The van der Waals surface area contributed by atoms with Crippen LogP contribution >= 0.6 is 11.6 Å².